The van der Waals surface area contributed by atoms with Gasteiger partial charge in [0.2, 0.25) is 0 Å². The van der Waals surface area contributed by atoms with E-state index in [0.29, 0.717) is 10.2 Å². The molecule has 0 aliphatic rings. The summed E-state index contributed by atoms with van der Waals surface area (Å²) in [4.78, 5) is 22.9. The Labute approximate surface area is 129 Å². The molecule has 0 bridgehead atoms. The second-order valence-electron chi connectivity index (χ2n) is 4.14. The van der Waals surface area contributed by atoms with Crippen LogP contribution in [-0.4, -0.2) is 23.6 Å². The van der Waals surface area contributed by atoms with Crippen molar-refractivity contribution < 1.29 is 19.4 Å². The van der Waals surface area contributed by atoms with Gasteiger partial charge in [0.15, 0.2) is 6.61 Å². The van der Waals surface area contributed by atoms with Crippen LogP contribution in [-0.2, 0) is 4.79 Å². The molecule has 0 atom stereocenters. The number of carboxylic acids is 1. The third-order valence-corrected chi connectivity index (χ3v) is 3.09. The van der Waals surface area contributed by atoms with E-state index in [1.54, 1.807) is 30.3 Å². The van der Waals surface area contributed by atoms with Crippen molar-refractivity contribution in [3.8, 4) is 5.75 Å². The molecule has 0 aromatic heterocycles. The molecule has 108 valence electrons. The molecule has 0 heterocycles. The number of carboxylic acid groups (broad SMARTS) is 1. The van der Waals surface area contributed by atoms with E-state index in [-0.39, 0.29) is 17.9 Å². The number of benzene rings is 2. The Kier molecular flexibility index (Phi) is 4.94. The second kappa shape index (κ2) is 6.90. The quantitative estimate of drug-likeness (QED) is 0.869. The van der Waals surface area contributed by atoms with E-state index in [1.165, 1.54) is 12.1 Å². The number of nitrogens with one attached hydrogen (secondary N) is 1. The number of anilines is 1. The standard InChI is InChI=1S/C15H12BrNO4/c16-10-6-7-13(12(8-10)15(19)20)17-14(18)9-21-11-4-2-1-3-5-11/h1-8H,9H2,(H,17,18)(H,19,20). The van der Waals surface area contributed by atoms with Crippen molar-refractivity contribution in [3.63, 3.8) is 0 Å². The zero-order chi connectivity index (χ0) is 15.2. The van der Waals surface area contributed by atoms with Crippen LogP contribution in [0, 0.1) is 0 Å². The van der Waals surface area contributed by atoms with Gasteiger partial charge in [-0.05, 0) is 30.3 Å². The fourth-order valence-electron chi connectivity index (χ4n) is 1.65. The van der Waals surface area contributed by atoms with Gasteiger partial charge in [-0.2, -0.15) is 0 Å². The molecule has 0 saturated heterocycles. The van der Waals surface area contributed by atoms with Crippen molar-refractivity contribution in [1.29, 1.82) is 0 Å². The lowest BCUT2D eigenvalue weighted by Crippen LogP contribution is -2.21. The van der Waals surface area contributed by atoms with Gasteiger partial charge in [0.25, 0.3) is 5.91 Å². The lowest BCUT2D eigenvalue weighted by Gasteiger charge is -2.10. The molecule has 2 rings (SSSR count). The Hall–Kier alpha value is -2.34. The summed E-state index contributed by atoms with van der Waals surface area (Å²) in [6.45, 7) is -0.195. The van der Waals surface area contributed by atoms with Gasteiger partial charge in [-0.25, -0.2) is 4.79 Å². The summed E-state index contributed by atoms with van der Waals surface area (Å²) >= 11 is 3.19. The van der Waals surface area contributed by atoms with Crippen molar-refractivity contribution in [3.05, 3.63) is 58.6 Å². The van der Waals surface area contributed by atoms with E-state index in [4.69, 9.17) is 9.84 Å². The van der Waals surface area contributed by atoms with Crippen molar-refractivity contribution >= 4 is 33.5 Å². The Bertz CT molecular complexity index is 658. The lowest BCUT2D eigenvalue weighted by atomic mass is 10.2. The molecule has 0 fully saturated rings. The molecule has 2 aromatic rings. The smallest absolute Gasteiger partial charge is 0.337 e. The van der Waals surface area contributed by atoms with E-state index in [2.05, 4.69) is 21.2 Å². The molecule has 6 heteroatoms. The minimum Gasteiger partial charge on any atom is -0.484 e. The van der Waals surface area contributed by atoms with Crippen LogP contribution in [0.25, 0.3) is 0 Å². The Morgan fingerprint density at radius 1 is 1.14 bits per heavy atom. The highest BCUT2D eigenvalue weighted by molar-refractivity contribution is 9.10. The van der Waals surface area contributed by atoms with Gasteiger partial charge in [0, 0.05) is 4.47 Å². The fourth-order valence-corrected chi connectivity index (χ4v) is 2.02. The average molecular weight is 350 g/mol. The number of carbonyl (C=O) groups is 2. The Balaban J connectivity index is 2.01. The molecule has 1 amide bonds. The van der Waals surface area contributed by atoms with Crippen LogP contribution in [0.15, 0.2) is 53.0 Å². The third-order valence-electron chi connectivity index (χ3n) is 2.60. The Morgan fingerprint density at radius 2 is 1.86 bits per heavy atom. The van der Waals surface area contributed by atoms with Crippen LogP contribution in [0.3, 0.4) is 0 Å². The molecular weight excluding hydrogens is 338 g/mol. The molecule has 0 aliphatic carbocycles. The lowest BCUT2D eigenvalue weighted by molar-refractivity contribution is -0.118. The second-order valence-corrected chi connectivity index (χ2v) is 5.06. The molecule has 0 radical (unpaired) electrons. The number of halogens is 1. The van der Waals surface area contributed by atoms with E-state index < -0.39 is 11.9 Å². The maximum absolute atomic E-state index is 11.8. The zero-order valence-corrected chi connectivity index (χ0v) is 12.5. The monoisotopic (exact) mass is 349 g/mol. The zero-order valence-electron chi connectivity index (χ0n) is 10.9. The van der Waals surface area contributed by atoms with E-state index in [9.17, 15) is 9.59 Å². The van der Waals surface area contributed by atoms with Gasteiger partial charge < -0.3 is 15.2 Å². The number of carbonyl (C=O) groups excluding carboxylic acids is 1. The molecule has 2 N–H and O–H groups in total. The van der Waals surface area contributed by atoms with E-state index >= 15 is 0 Å². The first-order valence-electron chi connectivity index (χ1n) is 6.07. The summed E-state index contributed by atoms with van der Waals surface area (Å²) in [5.74, 6) is -0.971. The van der Waals surface area contributed by atoms with Crippen molar-refractivity contribution in [2.45, 2.75) is 0 Å². The van der Waals surface area contributed by atoms with Gasteiger partial charge in [-0.1, -0.05) is 34.1 Å². The molecule has 0 saturated carbocycles. The highest BCUT2D eigenvalue weighted by Crippen LogP contribution is 2.21. The largest absolute Gasteiger partial charge is 0.484 e. The van der Waals surface area contributed by atoms with Crippen molar-refractivity contribution in [1.82, 2.24) is 0 Å². The van der Waals surface area contributed by atoms with Gasteiger partial charge >= 0.3 is 5.97 Å². The summed E-state index contributed by atoms with van der Waals surface area (Å²) in [7, 11) is 0. The number of ether oxygens (including phenoxy) is 1. The summed E-state index contributed by atoms with van der Waals surface area (Å²) < 4.78 is 5.92. The van der Waals surface area contributed by atoms with Crippen LogP contribution < -0.4 is 10.1 Å². The number of hydrogen-bond donors (Lipinski definition) is 2. The number of aromatic carboxylic acids is 1. The first kappa shape index (κ1) is 15.1. The Morgan fingerprint density at radius 3 is 2.52 bits per heavy atom. The predicted molar refractivity (Wildman–Crippen MR) is 81.7 cm³/mol. The van der Waals surface area contributed by atoms with Crippen LogP contribution in [0.2, 0.25) is 0 Å². The first-order chi connectivity index (χ1) is 10.1. The molecular formula is C15H12BrNO4. The maximum atomic E-state index is 11.8. The van der Waals surface area contributed by atoms with Crippen molar-refractivity contribution in [2.24, 2.45) is 0 Å². The van der Waals surface area contributed by atoms with Gasteiger partial charge in [-0.15, -0.1) is 0 Å². The number of amides is 1. The number of hydrogen-bond acceptors (Lipinski definition) is 3. The number of para-hydroxylation sites is 1. The molecule has 0 unspecified atom stereocenters. The summed E-state index contributed by atoms with van der Waals surface area (Å²) in [5, 5.41) is 11.6. The molecule has 5 nitrogen and oxygen atoms in total. The minimum atomic E-state index is -1.12. The van der Waals surface area contributed by atoms with Gasteiger partial charge in [0.1, 0.15) is 5.75 Å². The van der Waals surface area contributed by atoms with Crippen molar-refractivity contribution in [2.75, 3.05) is 11.9 Å². The molecule has 21 heavy (non-hydrogen) atoms. The molecule has 0 spiro atoms. The van der Waals surface area contributed by atoms with Crippen LogP contribution >= 0.6 is 15.9 Å². The summed E-state index contributed by atoms with van der Waals surface area (Å²) in [5.41, 5.74) is 0.241. The minimum absolute atomic E-state index is 0.0115. The SMILES string of the molecule is O=C(COc1ccccc1)Nc1ccc(Br)cc1C(=O)O. The van der Waals surface area contributed by atoms with E-state index in [1.807, 2.05) is 6.07 Å². The highest BCUT2D eigenvalue weighted by Gasteiger charge is 2.13. The van der Waals surface area contributed by atoms with Crippen LogP contribution in [0.4, 0.5) is 5.69 Å². The summed E-state index contributed by atoms with van der Waals surface area (Å²) in [6, 6.07) is 13.5. The average Bonchev–Trinajstić information content (AvgIpc) is 2.48. The van der Waals surface area contributed by atoms with Crippen LogP contribution in [0.5, 0.6) is 5.75 Å². The normalized spacial score (nSPS) is 9.95. The van der Waals surface area contributed by atoms with E-state index in [0.717, 1.165) is 0 Å². The number of rotatable bonds is 5. The third kappa shape index (κ3) is 4.32. The maximum Gasteiger partial charge on any atom is 0.337 e. The highest BCUT2D eigenvalue weighted by atomic mass is 79.9. The molecule has 0 aliphatic heterocycles. The molecule has 2 aromatic carbocycles. The van der Waals surface area contributed by atoms with Gasteiger partial charge in [0.05, 0.1) is 11.3 Å². The first-order valence-corrected chi connectivity index (χ1v) is 6.86. The van der Waals surface area contributed by atoms with Crippen LogP contribution in [0.1, 0.15) is 10.4 Å². The van der Waals surface area contributed by atoms with Gasteiger partial charge in [-0.3, -0.25) is 4.79 Å². The topological polar surface area (TPSA) is 75.6 Å². The summed E-state index contributed by atoms with van der Waals surface area (Å²) in [6.07, 6.45) is 0. The fraction of sp³-hybridized carbons (Fsp3) is 0.0667. The predicted octanol–water partition coefficient (Wildman–Crippen LogP) is 3.16.